The van der Waals surface area contributed by atoms with Crippen LogP contribution in [0.5, 0.6) is 0 Å². The molecule has 1 fully saturated rings. The third kappa shape index (κ3) is 3.06. The maximum Gasteiger partial charge on any atom is 0.316 e. The predicted molar refractivity (Wildman–Crippen MR) is 99.3 cm³/mol. The van der Waals surface area contributed by atoms with E-state index in [0.717, 1.165) is 31.6 Å². The van der Waals surface area contributed by atoms with E-state index in [-0.39, 0.29) is 5.91 Å². The zero-order chi connectivity index (χ0) is 18.3. The number of rotatable bonds is 2. The van der Waals surface area contributed by atoms with Gasteiger partial charge in [-0.2, -0.15) is 0 Å². The third-order valence-electron chi connectivity index (χ3n) is 5.04. The van der Waals surface area contributed by atoms with Crippen LogP contribution in [0.4, 0.5) is 11.4 Å². The normalized spacial score (nSPS) is 15.6. The van der Waals surface area contributed by atoms with Crippen molar-refractivity contribution < 1.29 is 4.79 Å². The second-order valence-electron chi connectivity index (χ2n) is 6.94. The minimum absolute atomic E-state index is 0.166. The van der Waals surface area contributed by atoms with Crippen LogP contribution in [-0.4, -0.2) is 28.1 Å². The average molecular weight is 344 g/mol. The molecule has 1 aliphatic heterocycles. The Kier molecular flexibility index (Phi) is 4.41. The quantitative estimate of drug-likeness (QED) is 0.836. The minimum Gasteiger partial charge on any atom is -0.370 e. The molecule has 1 saturated heterocycles. The van der Waals surface area contributed by atoms with Crippen LogP contribution in [0.25, 0.3) is 11.0 Å². The molecule has 2 aromatic rings. The number of carbonyl (C=O) groups is 1. The summed E-state index contributed by atoms with van der Waals surface area (Å²) in [6.45, 7) is 5.51. The molecule has 1 amide bonds. The molecular formula is C18H24N4O3. The highest BCUT2D eigenvalue weighted by Gasteiger charge is 2.21. The Bertz CT molecular complexity index is 949. The standard InChI is InChI=1S/C18H24N4O3/c1-11-5-7-22(8-6-11)14-10-16-15(9-13(14)19-12(2)23)20(3)17(24)18(25)21(16)4/h9-11H,5-8H2,1-4H3,(H,19,23). The van der Waals surface area contributed by atoms with Gasteiger partial charge in [0.1, 0.15) is 0 Å². The first-order valence-electron chi connectivity index (χ1n) is 8.56. The van der Waals surface area contributed by atoms with E-state index in [1.165, 1.54) is 16.1 Å². The van der Waals surface area contributed by atoms with Gasteiger partial charge in [0.15, 0.2) is 0 Å². The molecule has 3 rings (SSSR count). The lowest BCUT2D eigenvalue weighted by Gasteiger charge is -2.33. The van der Waals surface area contributed by atoms with Crippen LogP contribution in [0.3, 0.4) is 0 Å². The molecule has 1 aliphatic rings. The Balaban J connectivity index is 2.25. The molecule has 0 atom stereocenters. The van der Waals surface area contributed by atoms with Gasteiger partial charge in [-0.25, -0.2) is 0 Å². The van der Waals surface area contributed by atoms with Crippen LogP contribution in [-0.2, 0) is 18.9 Å². The first-order chi connectivity index (χ1) is 11.8. The number of hydrogen-bond donors (Lipinski definition) is 1. The van der Waals surface area contributed by atoms with Gasteiger partial charge in [-0.1, -0.05) is 6.92 Å². The van der Waals surface area contributed by atoms with Crippen molar-refractivity contribution in [1.82, 2.24) is 9.13 Å². The Morgan fingerprint density at radius 1 is 1.04 bits per heavy atom. The van der Waals surface area contributed by atoms with E-state index < -0.39 is 11.1 Å². The van der Waals surface area contributed by atoms with Crippen LogP contribution in [0, 0.1) is 5.92 Å². The van der Waals surface area contributed by atoms with E-state index in [0.29, 0.717) is 22.6 Å². The fraction of sp³-hybridized carbons (Fsp3) is 0.500. The van der Waals surface area contributed by atoms with Crippen molar-refractivity contribution in [1.29, 1.82) is 0 Å². The predicted octanol–water partition coefficient (Wildman–Crippen LogP) is 1.43. The third-order valence-corrected chi connectivity index (χ3v) is 5.04. The smallest absolute Gasteiger partial charge is 0.316 e. The lowest BCUT2D eigenvalue weighted by molar-refractivity contribution is -0.114. The van der Waals surface area contributed by atoms with Crippen molar-refractivity contribution in [2.75, 3.05) is 23.3 Å². The molecule has 134 valence electrons. The summed E-state index contributed by atoms with van der Waals surface area (Å²) in [6, 6.07) is 3.68. The second-order valence-corrected chi connectivity index (χ2v) is 6.94. The summed E-state index contributed by atoms with van der Waals surface area (Å²) in [5, 5.41) is 2.87. The minimum atomic E-state index is -0.580. The number of nitrogens with one attached hydrogen (secondary N) is 1. The SMILES string of the molecule is CC(=O)Nc1cc2c(cc1N1CCC(C)CC1)n(C)c(=O)c(=O)n2C. The summed E-state index contributed by atoms with van der Waals surface area (Å²) in [6.07, 6.45) is 2.17. The molecule has 0 bridgehead atoms. The van der Waals surface area contributed by atoms with E-state index in [1.54, 1.807) is 20.2 Å². The number of hydrogen-bond acceptors (Lipinski definition) is 4. The molecule has 1 N–H and O–H groups in total. The summed E-state index contributed by atoms with van der Waals surface area (Å²) >= 11 is 0. The summed E-state index contributed by atoms with van der Waals surface area (Å²) < 4.78 is 2.72. The number of fused-ring (bicyclic) bond motifs is 1. The van der Waals surface area contributed by atoms with Gasteiger partial charge in [0.2, 0.25) is 5.91 Å². The number of aromatic nitrogens is 2. The molecular weight excluding hydrogens is 320 g/mol. The van der Waals surface area contributed by atoms with Crippen LogP contribution < -0.4 is 21.3 Å². The lowest BCUT2D eigenvalue weighted by atomic mass is 9.98. The van der Waals surface area contributed by atoms with Crippen molar-refractivity contribution >= 4 is 28.3 Å². The fourth-order valence-electron chi connectivity index (χ4n) is 3.41. The number of nitrogens with zero attached hydrogens (tertiary/aromatic N) is 3. The van der Waals surface area contributed by atoms with E-state index in [1.807, 2.05) is 6.07 Å². The van der Waals surface area contributed by atoms with Gasteiger partial charge in [-0.3, -0.25) is 14.4 Å². The molecule has 0 saturated carbocycles. The Morgan fingerprint density at radius 3 is 2.08 bits per heavy atom. The number of amides is 1. The van der Waals surface area contributed by atoms with E-state index in [2.05, 4.69) is 17.1 Å². The summed E-state index contributed by atoms with van der Waals surface area (Å²) in [5.74, 6) is 0.520. The van der Waals surface area contributed by atoms with Crippen molar-refractivity contribution in [3.8, 4) is 0 Å². The van der Waals surface area contributed by atoms with Crippen LogP contribution in [0.15, 0.2) is 21.7 Å². The second kappa shape index (κ2) is 6.38. The number of piperidine rings is 1. The molecule has 25 heavy (non-hydrogen) atoms. The van der Waals surface area contributed by atoms with Crippen LogP contribution >= 0.6 is 0 Å². The van der Waals surface area contributed by atoms with Crippen molar-refractivity contribution in [2.45, 2.75) is 26.7 Å². The maximum atomic E-state index is 12.1. The lowest BCUT2D eigenvalue weighted by Crippen LogP contribution is -2.39. The molecule has 2 heterocycles. The molecule has 0 aliphatic carbocycles. The van der Waals surface area contributed by atoms with Crippen LogP contribution in [0.2, 0.25) is 0 Å². The topological polar surface area (TPSA) is 76.3 Å². The number of carbonyl (C=O) groups excluding carboxylic acids is 1. The van der Waals surface area contributed by atoms with E-state index in [9.17, 15) is 14.4 Å². The summed E-state index contributed by atoms with van der Waals surface area (Å²) in [7, 11) is 3.18. The number of anilines is 2. The average Bonchev–Trinajstić information content (AvgIpc) is 2.58. The monoisotopic (exact) mass is 344 g/mol. The van der Waals surface area contributed by atoms with Crippen molar-refractivity contribution in [2.24, 2.45) is 20.0 Å². The maximum absolute atomic E-state index is 12.1. The highest BCUT2D eigenvalue weighted by atomic mass is 16.2. The molecule has 1 aromatic carbocycles. The van der Waals surface area contributed by atoms with Crippen molar-refractivity contribution in [3.05, 3.63) is 32.8 Å². The van der Waals surface area contributed by atoms with Gasteiger partial charge in [0.25, 0.3) is 0 Å². The van der Waals surface area contributed by atoms with Crippen molar-refractivity contribution in [3.63, 3.8) is 0 Å². The zero-order valence-electron chi connectivity index (χ0n) is 15.1. The number of aryl methyl sites for hydroxylation is 2. The largest absolute Gasteiger partial charge is 0.370 e. The molecule has 0 radical (unpaired) electrons. The molecule has 0 unspecified atom stereocenters. The van der Waals surface area contributed by atoms with Gasteiger partial charge in [-0.05, 0) is 30.9 Å². The highest BCUT2D eigenvalue weighted by molar-refractivity contribution is 5.97. The first-order valence-corrected chi connectivity index (χ1v) is 8.56. The van der Waals surface area contributed by atoms with E-state index in [4.69, 9.17) is 0 Å². The molecule has 1 aromatic heterocycles. The van der Waals surface area contributed by atoms with Gasteiger partial charge in [-0.15, -0.1) is 0 Å². The molecule has 0 spiro atoms. The van der Waals surface area contributed by atoms with E-state index >= 15 is 0 Å². The first kappa shape index (κ1) is 17.3. The highest BCUT2D eigenvalue weighted by Crippen LogP contribution is 2.33. The van der Waals surface area contributed by atoms with Gasteiger partial charge in [0, 0.05) is 34.1 Å². The Labute approximate surface area is 145 Å². The molecule has 7 nitrogen and oxygen atoms in total. The Morgan fingerprint density at radius 2 is 1.56 bits per heavy atom. The summed E-state index contributed by atoms with van der Waals surface area (Å²) in [5.41, 5.74) is 1.72. The van der Waals surface area contributed by atoms with Crippen LogP contribution in [0.1, 0.15) is 26.7 Å². The van der Waals surface area contributed by atoms with Gasteiger partial charge < -0.3 is 19.4 Å². The van der Waals surface area contributed by atoms with Gasteiger partial charge >= 0.3 is 11.1 Å². The molecule has 7 heteroatoms. The number of benzene rings is 1. The zero-order valence-corrected chi connectivity index (χ0v) is 15.1. The van der Waals surface area contributed by atoms with Gasteiger partial charge in [0.05, 0.1) is 22.4 Å². The Hall–Kier alpha value is -2.57. The fourth-order valence-corrected chi connectivity index (χ4v) is 3.41. The summed E-state index contributed by atoms with van der Waals surface area (Å²) in [4.78, 5) is 38.1.